The van der Waals surface area contributed by atoms with E-state index in [9.17, 15) is 4.79 Å². The molecule has 2 N–H and O–H groups in total. The number of rotatable bonds is 4. The first-order valence-corrected chi connectivity index (χ1v) is 5.98. The SMILES string of the molecule is CCOc1ccnc(N2CCOCC2)c1C(N)=O. The maximum absolute atomic E-state index is 11.6. The molecule has 0 bridgehead atoms. The van der Waals surface area contributed by atoms with Crippen LogP contribution in [0.4, 0.5) is 5.82 Å². The highest BCUT2D eigenvalue weighted by Crippen LogP contribution is 2.27. The largest absolute Gasteiger partial charge is 0.493 e. The molecular formula is C12H17N3O3. The second-order valence-corrected chi connectivity index (χ2v) is 3.90. The lowest BCUT2D eigenvalue weighted by atomic mass is 10.2. The summed E-state index contributed by atoms with van der Waals surface area (Å²) in [7, 11) is 0. The van der Waals surface area contributed by atoms with E-state index >= 15 is 0 Å². The molecule has 0 atom stereocenters. The third kappa shape index (κ3) is 2.53. The van der Waals surface area contributed by atoms with Crippen LogP contribution in [0.3, 0.4) is 0 Å². The van der Waals surface area contributed by atoms with E-state index in [1.54, 1.807) is 12.3 Å². The minimum absolute atomic E-state index is 0.348. The molecule has 0 aromatic carbocycles. The van der Waals surface area contributed by atoms with Gasteiger partial charge in [0.2, 0.25) is 0 Å². The van der Waals surface area contributed by atoms with Crippen molar-refractivity contribution in [2.45, 2.75) is 6.92 Å². The molecule has 6 heteroatoms. The van der Waals surface area contributed by atoms with Gasteiger partial charge in [-0.05, 0) is 13.0 Å². The normalized spacial score (nSPS) is 15.5. The minimum Gasteiger partial charge on any atom is -0.493 e. The van der Waals surface area contributed by atoms with Crippen molar-refractivity contribution in [3.8, 4) is 5.75 Å². The molecule has 0 radical (unpaired) electrons. The average Bonchev–Trinajstić information content (AvgIpc) is 2.39. The second kappa shape index (κ2) is 5.68. The van der Waals surface area contributed by atoms with Crippen molar-refractivity contribution in [2.24, 2.45) is 5.73 Å². The van der Waals surface area contributed by atoms with Gasteiger partial charge < -0.3 is 20.1 Å². The molecule has 2 heterocycles. The Bertz CT molecular complexity index is 431. The monoisotopic (exact) mass is 251 g/mol. The van der Waals surface area contributed by atoms with Crippen LogP contribution in [0.25, 0.3) is 0 Å². The van der Waals surface area contributed by atoms with Gasteiger partial charge in [-0.25, -0.2) is 4.98 Å². The van der Waals surface area contributed by atoms with Gasteiger partial charge in [-0.2, -0.15) is 0 Å². The fraction of sp³-hybridized carbons (Fsp3) is 0.500. The number of pyridine rings is 1. The molecular weight excluding hydrogens is 234 g/mol. The van der Waals surface area contributed by atoms with Crippen molar-refractivity contribution in [3.63, 3.8) is 0 Å². The number of carbonyl (C=O) groups excluding carboxylic acids is 1. The molecule has 0 aliphatic carbocycles. The first-order valence-electron chi connectivity index (χ1n) is 5.98. The van der Waals surface area contributed by atoms with Crippen LogP contribution in [-0.2, 0) is 4.74 Å². The molecule has 1 aromatic heterocycles. The predicted octanol–water partition coefficient (Wildman–Crippen LogP) is 0.416. The topological polar surface area (TPSA) is 77.7 Å². The number of hydrogen-bond acceptors (Lipinski definition) is 5. The fourth-order valence-electron chi connectivity index (χ4n) is 1.96. The highest BCUT2D eigenvalue weighted by atomic mass is 16.5. The van der Waals surface area contributed by atoms with Gasteiger partial charge in [-0.1, -0.05) is 0 Å². The maximum atomic E-state index is 11.6. The number of hydrogen-bond donors (Lipinski definition) is 1. The number of carbonyl (C=O) groups is 1. The van der Waals surface area contributed by atoms with E-state index in [1.807, 2.05) is 11.8 Å². The first kappa shape index (κ1) is 12.6. The van der Waals surface area contributed by atoms with Crippen LogP contribution in [0.2, 0.25) is 0 Å². The maximum Gasteiger partial charge on any atom is 0.256 e. The first-order chi connectivity index (χ1) is 8.74. The van der Waals surface area contributed by atoms with Gasteiger partial charge in [-0.15, -0.1) is 0 Å². The highest BCUT2D eigenvalue weighted by Gasteiger charge is 2.22. The number of nitrogens with zero attached hydrogens (tertiary/aromatic N) is 2. The Labute approximate surface area is 106 Å². The van der Waals surface area contributed by atoms with Crippen LogP contribution in [0.1, 0.15) is 17.3 Å². The minimum atomic E-state index is -0.520. The Morgan fingerprint density at radius 3 is 2.89 bits per heavy atom. The van der Waals surface area contributed by atoms with Crippen molar-refractivity contribution in [1.29, 1.82) is 0 Å². The van der Waals surface area contributed by atoms with Gasteiger partial charge in [0.1, 0.15) is 17.1 Å². The summed E-state index contributed by atoms with van der Waals surface area (Å²) in [6.07, 6.45) is 1.63. The molecule has 1 aliphatic rings. The third-order valence-corrected chi connectivity index (χ3v) is 2.75. The Morgan fingerprint density at radius 1 is 1.56 bits per heavy atom. The third-order valence-electron chi connectivity index (χ3n) is 2.75. The van der Waals surface area contributed by atoms with Gasteiger partial charge in [0.05, 0.1) is 19.8 Å². The quantitative estimate of drug-likeness (QED) is 0.839. The highest BCUT2D eigenvalue weighted by molar-refractivity contribution is 6.00. The van der Waals surface area contributed by atoms with Crippen LogP contribution in [0, 0.1) is 0 Å². The lowest BCUT2D eigenvalue weighted by Gasteiger charge is -2.29. The van der Waals surface area contributed by atoms with Gasteiger partial charge in [0.25, 0.3) is 5.91 Å². The van der Waals surface area contributed by atoms with Crippen LogP contribution < -0.4 is 15.4 Å². The van der Waals surface area contributed by atoms with Crippen molar-refractivity contribution in [1.82, 2.24) is 4.98 Å². The van der Waals surface area contributed by atoms with E-state index in [0.717, 1.165) is 0 Å². The Hall–Kier alpha value is -1.82. The standard InChI is InChI=1S/C12H17N3O3/c1-2-18-9-3-4-14-12(10(9)11(13)16)15-5-7-17-8-6-15/h3-4H,2,5-8H2,1H3,(H2,13,16). The summed E-state index contributed by atoms with van der Waals surface area (Å²) in [4.78, 5) is 17.9. The summed E-state index contributed by atoms with van der Waals surface area (Å²) in [5.41, 5.74) is 5.78. The van der Waals surface area contributed by atoms with Crippen LogP contribution in [-0.4, -0.2) is 43.8 Å². The van der Waals surface area contributed by atoms with Crippen LogP contribution >= 0.6 is 0 Å². The van der Waals surface area contributed by atoms with Gasteiger partial charge in [0, 0.05) is 19.3 Å². The number of ether oxygens (including phenoxy) is 2. The molecule has 0 unspecified atom stereocenters. The zero-order chi connectivity index (χ0) is 13.0. The number of amides is 1. The summed E-state index contributed by atoms with van der Waals surface area (Å²) in [5.74, 6) is 0.547. The van der Waals surface area contributed by atoms with E-state index in [4.69, 9.17) is 15.2 Å². The molecule has 1 saturated heterocycles. The molecule has 0 spiro atoms. The lowest BCUT2D eigenvalue weighted by molar-refractivity contribution is 0.0994. The molecule has 2 rings (SSSR count). The second-order valence-electron chi connectivity index (χ2n) is 3.90. The zero-order valence-corrected chi connectivity index (χ0v) is 10.4. The fourth-order valence-corrected chi connectivity index (χ4v) is 1.96. The van der Waals surface area contributed by atoms with E-state index in [2.05, 4.69) is 4.98 Å². The van der Waals surface area contributed by atoms with Crippen LogP contribution in [0.15, 0.2) is 12.3 Å². The number of aromatic nitrogens is 1. The predicted molar refractivity (Wildman–Crippen MR) is 67.0 cm³/mol. The number of nitrogens with two attached hydrogens (primary N) is 1. The van der Waals surface area contributed by atoms with E-state index in [-0.39, 0.29) is 0 Å². The van der Waals surface area contributed by atoms with Crippen molar-refractivity contribution >= 4 is 11.7 Å². The van der Waals surface area contributed by atoms with Crippen molar-refractivity contribution < 1.29 is 14.3 Å². The number of anilines is 1. The molecule has 6 nitrogen and oxygen atoms in total. The van der Waals surface area contributed by atoms with Gasteiger partial charge in [-0.3, -0.25) is 4.79 Å². The summed E-state index contributed by atoms with van der Waals surface area (Å²) < 4.78 is 10.7. The summed E-state index contributed by atoms with van der Waals surface area (Å²) in [6.45, 7) is 4.98. The average molecular weight is 251 g/mol. The summed E-state index contributed by atoms with van der Waals surface area (Å²) in [5, 5.41) is 0. The molecule has 1 fully saturated rings. The molecule has 1 aliphatic heterocycles. The molecule has 0 saturated carbocycles. The summed E-state index contributed by atoms with van der Waals surface area (Å²) in [6, 6.07) is 1.66. The zero-order valence-electron chi connectivity index (χ0n) is 10.4. The summed E-state index contributed by atoms with van der Waals surface area (Å²) >= 11 is 0. The molecule has 18 heavy (non-hydrogen) atoms. The Morgan fingerprint density at radius 2 is 2.28 bits per heavy atom. The van der Waals surface area contributed by atoms with Crippen LogP contribution in [0.5, 0.6) is 5.75 Å². The van der Waals surface area contributed by atoms with E-state index in [0.29, 0.717) is 50.0 Å². The Balaban J connectivity index is 2.38. The number of morpholine rings is 1. The Kier molecular flexibility index (Phi) is 3.99. The van der Waals surface area contributed by atoms with E-state index < -0.39 is 5.91 Å². The van der Waals surface area contributed by atoms with Crippen molar-refractivity contribution in [3.05, 3.63) is 17.8 Å². The smallest absolute Gasteiger partial charge is 0.256 e. The van der Waals surface area contributed by atoms with Gasteiger partial charge in [0.15, 0.2) is 0 Å². The lowest BCUT2D eigenvalue weighted by Crippen LogP contribution is -2.38. The van der Waals surface area contributed by atoms with E-state index in [1.165, 1.54) is 0 Å². The molecule has 1 amide bonds. The number of primary amides is 1. The van der Waals surface area contributed by atoms with Crippen molar-refractivity contribution in [2.75, 3.05) is 37.8 Å². The van der Waals surface area contributed by atoms with Gasteiger partial charge >= 0.3 is 0 Å². The molecule has 98 valence electrons. The molecule has 1 aromatic rings.